The Morgan fingerprint density at radius 3 is 2.50 bits per heavy atom. The number of amides is 1. The molecule has 0 atom stereocenters. The fourth-order valence-corrected chi connectivity index (χ4v) is 1.01. The first kappa shape index (κ1) is 13.2. The van der Waals surface area contributed by atoms with E-state index in [1.165, 1.54) is 0 Å². The molecule has 0 aliphatic heterocycles. The van der Waals surface area contributed by atoms with Crippen LogP contribution in [0.15, 0.2) is 0 Å². The van der Waals surface area contributed by atoms with Crippen molar-refractivity contribution in [1.82, 2.24) is 16.0 Å². The van der Waals surface area contributed by atoms with E-state index in [1.54, 1.807) is 0 Å². The molecule has 0 heterocycles. The molecule has 14 heavy (non-hydrogen) atoms. The highest BCUT2D eigenvalue weighted by Crippen LogP contribution is 1.76. The summed E-state index contributed by atoms with van der Waals surface area (Å²) in [5.41, 5.74) is 0. The van der Waals surface area contributed by atoms with Crippen LogP contribution in [0.3, 0.4) is 0 Å². The Balaban J connectivity index is 3.51. The standard InChI is InChI=1S/C9H19N3OS/c1-4-5-10-9(14)11-6-8(13)12-7(2)3/h7H,4-6H2,1-3H3,(H,12,13)(H2,10,11,14). The van der Waals surface area contributed by atoms with E-state index >= 15 is 0 Å². The number of hydrogen-bond donors (Lipinski definition) is 3. The summed E-state index contributed by atoms with van der Waals surface area (Å²) in [5.74, 6) is -0.0411. The number of nitrogens with one attached hydrogen (secondary N) is 3. The van der Waals surface area contributed by atoms with Gasteiger partial charge in [0.25, 0.3) is 0 Å². The third-order valence-corrected chi connectivity index (χ3v) is 1.68. The van der Waals surface area contributed by atoms with Crippen LogP contribution in [0.1, 0.15) is 27.2 Å². The van der Waals surface area contributed by atoms with Gasteiger partial charge in [0, 0.05) is 12.6 Å². The fraction of sp³-hybridized carbons (Fsp3) is 0.778. The topological polar surface area (TPSA) is 53.2 Å². The molecule has 0 aromatic rings. The summed E-state index contributed by atoms with van der Waals surface area (Å²) in [5, 5.41) is 9.11. The van der Waals surface area contributed by atoms with Crippen LogP contribution in [0, 0.1) is 0 Å². The van der Waals surface area contributed by atoms with E-state index in [9.17, 15) is 4.79 Å². The predicted molar refractivity (Wildman–Crippen MR) is 62.2 cm³/mol. The minimum Gasteiger partial charge on any atom is -0.363 e. The largest absolute Gasteiger partial charge is 0.363 e. The number of carbonyl (C=O) groups excluding carboxylic acids is 1. The lowest BCUT2D eigenvalue weighted by Crippen LogP contribution is -2.43. The van der Waals surface area contributed by atoms with Crippen molar-refractivity contribution < 1.29 is 4.79 Å². The Labute approximate surface area is 90.8 Å². The molecule has 0 saturated heterocycles. The normalized spacial score (nSPS) is 9.71. The van der Waals surface area contributed by atoms with Crippen molar-refractivity contribution >= 4 is 23.2 Å². The van der Waals surface area contributed by atoms with Crippen LogP contribution in [0.4, 0.5) is 0 Å². The second-order valence-electron chi connectivity index (χ2n) is 3.33. The Kier molecular flexibility index (Phi) is 7.10. The summed E-state index contributed by atoms with van der Waals surface area (Å²) in [6.45, 7) is 6.96. The van der Waals surface area contributed by atoms with Gasteiger partial charge in [-0.15, -0.1) is 0 Å². The lowest BCUT2D eigenvalue weighted by Gasteiger charge is -2.11. The molecular weight excluding hydrogens is 198 g/mol. The summed E-state index contributed by atoms with van der Waals surface area (Å²) in [6.07, 6.45) is 1.01. The predicted octanol–water partition coefficient (Wildman–Crippen LogP) is 0.385. The van der Waals surface area contributed by atoms with Gasteiger partial charge in [0.05, 0.1) is 6.54 Å². The highest BCUT2D eigenvalue weighted by molar-refractivity contribution is 7.80. The van der Waals surface area contributed by atoms with Crippen molar-refractivity contribution in [2.45, 2.75) is 33.2 Å². The molecule has 0 fully saturated rings. The quantitative estimate of drug-likeness (QED) is 0.583. The van der Waals surface area contributed by atoms with Crippen molar-refractivity contribution in [3.8, 4) is 0 Å². The Morgan fingerprint density at radius 2 is 2.00 bits per heavy atom. The SMILES string of the molecule is CCCNC(=S)NCC(=O)NC(C)C. The van der Waals surface area contributed by atoms with Crippen LogP contribution in [0.25, 0.3) is 0 Å². The van der Waals surface area contributed by atoms with E-state index < -0.39 is 0 Å². The molecule has 0 spiro atoms. The van der Waals surface area contributed by atoms with E-state index in [0.29, 0.717) is 5.11 Å². The van der Waals surface area contributed by atoms with Gasteiger partial charge in [0.1, 0.15) is 0 Å². The van der Waals surface area contributed by atoms with Crippen LogP contribution in [0.5, 0.6) is 0 Å². The minimum absolute atomic E-state index is 0.0411. The molecular formula is C9H19N3OS. The monoisotopic (exact) mass is 217 g/mol. The van der Waals surface area contributed by atoms with Gasteiger partial charge in [0.2, 0.25) is 5.91 Å². The molecule has 0 radical (unpaired) electrons. The van der Waals surface area contributed by atoms with Gasteiger partial charge < -0.3 is 16.0 Å². The van der Waals surface area contributed by atoms with E-state index in [1.807, 2.05) is 13.8 Å². The summed E-state index contributed by atoms with van der Waals surface area (Å²) in [7, 11) is 0. The van der Waals surface area contributed by atoms with Crippen molar-refractivity contribution in [3.05, 3.63) is 0 Å². The van der Waals surface area contributed by atoms with E-state index in [-0.39, 0.29) is 18.5 Å². The molecule has 0 rings (SSSR count). The van der Waals surface area contributed by atoms with Gasteiger partial charge >= 0.3 is 0 Å². The first-order chi connectivity index (χ1) is 6.56. The van der Waals surface area contributed by atoms with Gasteiger partial charge in [-0.2, -0.15) is 0 Å². The zero-order chi connectivity index (χ0) is 11.0. The molecule has 0 unspecified atom stereocenters. The zero-order valence-corrected chi connectivity index (χ0v) is 9.83. The van der Waals surface area contributed by atoms with Crippen LogP contribution in [0.2, 0.25) is 0 Å². The number of rotatable bonds is 5. The van der Waals surface area contributed by atoms with Crippen LogP contribution < -0.4 is 16.0 Å². The molecule has 82 valence electrons. The van der Waals surface area contributed by atoms with Crippen LogP contribution >= 0.6 is 12.2 Å². The van der Waals surface area contributed by atoms with Gasteiger partial charge in [-0.1, -0.05) is 6.92 Å². The molecule has 1 amide bonds. The van der Waals surface area contributed by atoms with Crippen molar-refractivity contribution in [2.24, 2.45) is 0 Å². The molecule has 0 aliphatic rings. The van der Waals surface area contributed by atoms with Crippen molar-refractivity contribution in [2.75, 3.05) is 13.1 Å². The van der Waals surface area contributed by atoms with Gasteiger partial charge in [0.15, 0.2) is 5.11 Å². The average molecular weight is 217 g/mol. The zero-order valence-electron chi connectivity index (χ0n) is 9.02. The Morgan fingerprint density at radius 1 is 1.36 bits per heavy atom. The van der Waals surface area contributed by atoms with Gasteiger partial charge in [-0.25, -0.2) is 0 Å². The number of thiocarbonyl (C=S) groups is 1. The second-order valence-corrected chi connectivity index (χ2v) is 3.74. The van der Waals surface area contributed by atoms with E-state index in [2.05, 4.69) is 22.9 Å². The maximum Gasteiger partial charge on any atom is 0.239 e. The second kappa shape index (κ2) is 7.55. The van der Waals surface area contributed by atoms with Crippen LogP contribution in [-0.2, 0) is 4.79 Å². The molecule has 3 N–H and O–H groups in total. The molecule has 0 bridgehead atoms. The maximum atomic E-state index is 11.2. The maximum absolute atomic E-state index is 11.2. The summed E-state index contributed by atoms with van der Waals surface area (Å²) in [6, 6.07) is 0.168. The molecule has 0 aliphatic carbocycles. The lowest BCUT2D eigenvalue weighted by atomic mass is 10.4. The number of hydrogen-bond acceptors (Lipinski definition) is 2. The molecule has 0 aromatic heterocycles. The van der Waals surface area contributed by atoms with E-state index in [4.69, 9.17) is 12.2 Å². The van der Waals surface area contributed by atoms with E-state index in [0.717, 1.165) is 13.0 Å². The Hall–Kier alpha value is -0.840. The first-order valence-electron chi connectivity index (χ1n) is 4.87. The van der Waals surface area contributed by atoms with Crippen molar-refractivity contribution in [3.63, 3.8) is 0 Å². The van der Waals surface area contributed by atoms with Gasteiger partial charge in [-0.05, 0) is 32.5 Å². The minimum atomic E-state index is -0.0411. The Bertz CT molecular complexity index is 194. The van der Waals surface area contributed by atoms with Crippen molar-refractivity contribution in [1.29, 1.82) is 0 Å². The third-order valence-electron chi connectivity index (χ3n) is 1.39. The summed E-state index contributed by atoms with van der Waals surface area (Å²) in [4.78, 5) is 11.2. The van der Waals surface area contributed by atoms with Crippen LogP contribution in [-0.4, -0.2) is 30.2 Å². The molecule has 5 heteroatoms. The summed E-state index contributed by atoms with van der Waals surface area (Å²) >= 11 is 4.95. The fourth-order valence-electron chi connectivity index (χ4n) is 0.835. The molecule has 4 nitrogen and oxygen atoms in total. The highest BCUT2D eigenvalue weighted by atomic mass is 32.1. The third kappa shape index (κ3) is 7.79. The first-order valence-corrected chi connectivity index (χ1v) is 5.28. The molecule has 0 saturated carbocycles. The molecule has 0 aromatic carbocycles. The summed E-state index contributed by atoms with van der Waals surface area (Å²) < 4.78 is 0. The highest BCUT2D eigenvalue weighted by Gasteiger charge is 2.02. The smallest absolute Gasteiger partial charge is 0.239 e. The van der Waals surface area contributed by atoms with Gasteiger partial charge in [-0.3, -0.25) is 4.79 Å². The average Bonchev–Trinajstić information content (AvgIpc) is 2.10. The lowest BCUT2D eigenvalue weighted by molar-refractivity contribution is -0.120. The number of carbonyl (C=O) groups is 1.